The smallest absolute Gasteiger partial charge is 0.169 e. The summed E-state index contributed by atoms with van der Waals surface area (Å²) in [7, 11) is 1.63. The third-order valence-corrected chi connectivity index (χ3v) is 3.30. The van der Waals surface area contributed by atoms with Gasteiger partial charge in [-0.25, -0.2) is 0 Å². The average molecular weight is 280 g/mol. The fourth-order valence-electron chi connectivity index (χ4n) is 2.23. The minimum Gasteiger partial charge on any atom is -0.493 e. The molecule has 0 amide bonds. The summed E-state index contributed by atoms with van der Waals surface area (Å²) < 4.78 is 11.4. The molecule has 0 atom stereocenters. The maximum atomic E-state index is 6.00. The highest BCUT2D eigenvalue weighted by atomic mass is 16.5. The lowest BCUT2D eigenvalue weighted by Gasteiger charge is -2.13. The molecule has 0 spiro atoms. The van der Waals surface area contributed by atoms with Crippen molar-refractivity contribution >= 4 is 16.6 Å². The Hall–Kier alpha value is -2.75. The first-order valence-electron chi connectivity index (χ1n) is 6.65. The monoisotopic (exact) mass is 280 g/mol. The molecule has 0 fully saturated rings. The Balaban J connectivity index is 2.09. The Kier molecular flexibility index (Phi) is 3.36. The maximum Gasteiger partial charge on any atom is 0.169 e. The van der Waals surface area contributed by atoms with E-state index in [2.05, 4.69) is 4.98 Å². The number of nitrogen functional groups attached to an aromatic ring is 1. The molecular weight excluding hydrogens is 264 g/mol. The molecule has 1 heterocycles. The van der Waals surface area contributed by atoms with Crippen LogP contribution in [-0.4, -0.2) is 12.1 Å². The molecule has 0 bridgehead atoms. The van der Waals surface area contributed by atoms with Gasteiger partial charge in [0.1, 0.15) is 5.75 Å². The van der Waals surface area contributed by atoms with E-state index in [1.165, 1.54) is 0 Å². The number of aromatic nitrogens is 1. The van der Waals surface area contributed by atoms with Crippen LogP contribution in [0.1, 0.15) is 5.56 Å². The number of pyridine rings is 1. The van der Waals surface area contributed by atoms with Crippen LogP contribution in [0.5, 0.6) is 17.2 Å². The van der Waals surface area contributed by atoms with Crippen molar-refractivity contribution in [2.24, 2.45) is 0 Å². The summed E-state index contributed by atoms with van der Waals surface area (Å²) in [5, 5.41) is 0.875. The van der Waals surface area contributed by atoms with Gasteiger partial charge in [0, 0.05) is 11.6 Å². The van der Waals surface area contributed by atoms with E-state index in [0.29, 0.717) is 22.9 Å². The van der Waals surface area contributed by atoms with E-state index in [0.717, 1.165) is 16.5 Å². The second-order valence-electron chi connectivity index (χ2n) is 4.81. The van der Waals surface area contributed by atoms with Crippen molar-refractivity contribution in [2.45, 2.75) is 6.92 Å². The number of hydrogen-bond donors (Lipinski definition) is 1. The van der Waals surface area contributed by atoms with Crippen LogP contribution in [-0.2, 0) is 0 Å². The minimum absolute atomic E-state index is 0.633. The van der Waals surface area contributed by atoms with E-state index in [-0.39, 0.29) is 0 Å². The fraction of sp³-hybridized carbons (Fsp3) is 0.118. The summed E-state index contributed by atoms with van der Waals surface area (Å²) in [5.74, 6) is 2.07. The molecular formula is C17H16N2O2. The number of ether oxygens (including phenoxy) is 2. The lowest BCUT2D eigenvalue weighted by molar-refractivity contribution is 0.380. The Morgan fingerprint density at radius 3 is 2.62 bits per heavy atom. The van der Waals surface area contributed by atoms with Gasteiger partial charge in [-0.05, 0) is 48.9 Å². The molecule has 4 heteroatoms. The van der Waals surface area contributed by atoms with E-state index < -0.39 is 0 Å². The standard InChI is InChI=1S/C17H16N2O2/c1-11-5-7-15(16(10-11)20-2)21-14-8-6-13(18)17-12(14)4-3-9-19-17/h3-10H,18H2,1-2H3. The summed E-state index contributed by atoms with van der Waals surface area (Å²) in [5.41, 5.74) is 8.44. The van der Waals surface area contributed by atoms with Crippen LogP contribution in [0.15, 0.2) is 48.7 Å². The highest BCUT2D eigenvalue weighted by molar-refractivity contribution is 5.93. The van der Waals surface area contributed by atoms with Crippen LogP contribution in [0.25, 0.3) is 10.9 Å². The van der Waals surface area contributed by atoms with Gasteiger partial charge in [0.05, 0.1) is 18.3 Å². The van der Waals surface area contributed by atoms with Gasteiger partial charge in [0.25, 0.3) is 0 Å². The molecule has 2 aromatic carbocycles. The Morgan fingerprint density at radius 2 is 1.81 bits per heavy atom. The molecule has 21 heavy (non-hydrogen) atoms. The van der Waals surface area contributed by atoms with Crippen molar-refractivity contribution in [3.63, 3.8) is 0 Å². The third-order valence-electron chi connectivity index (χ3n) is 3.30. The molecule has 1 aromatic heterocycles. The zero-order chi connectivity index (χ0) is 14.8. The number of nitrogens with two attached hydrogens (primary N) is 1. The number of fused-ring (bicyclic) bond motifs is 1. The Labute approximate surface area is 123 Å². The first-order valence-corrected chi connectivity index (χ1v) is 6.65. The molecule has 0 saturated heterocycles. The predicted octanol–water partition coefficient (Wildman–Crippen LogP) is 3.93. The van der Waals surface area contributed by atoms with Gasteiger partial charge in [-0.2, -0.15) is 0 Å². The molecule has 4 nitrogen and oxygen atoms in total. The number of rotatable bonds is 3. The Morgan fingerprint density at radius 1 is 1.00 bits per heavy atom. The Bertz CT molecular complexity index is 800. The topological polar surface area (TPSA) is 57.4 Å². The van der Waals surface area contributed by atoms with Crippen molar-refractivity contribution in [2.75, 3.05) is 12.8 Å². The minimum atomic E-state index is 0.633. The molecule has 0 saturated carbocycles. The van der Waals surface area contributed by atoms with E-state index in [1.807, 2.05) is 43.3 Å². The highest BCUT2D eigenvalue weighted by Gasteiger charge is 2.10. The van der Waals surface area contributed by atoms with Gasteiger partial charge in [-0.1, -0.05) is 6.07 Å². The number of aryl methyl sites for hydroxylation is 1. The first kappa shape index (κ1) is 13.2. The summed E-state index contributed by atoms with van der Waals surface area (Å²) in [6, 6.07) is 13.3. The number of anilines is 1. The van der Waals surface area contributed by atoms with Crippen molar-refractivity contribution in [3.8, 4) is 17.2 Å². The first-order chi connectivity index (χ1) is 10.2. The number of benzene rings is 2. The van der Waals surface area contributed by atoms with E-state index in [9.17, 15) is 0 Å². The second-order valence-corrected chi connectivity index (χ2v) is 4.81. The predicted molar refractivity (Wildman–Crippen MR) is 84.0 cm³/mol. The fourth-order valence-corrected chi connectivity index (χ4v) is 2.23. The third kappa shape index (κ3) is 2.48. The van der Waals surface area contributed by atoms with Gasteiger partial charge in [-0.15, -0.1) is 0 Å². The lowest BCUT2D eigenvalue weighted by Crippen LogP contribution is -1.94. The highest BCUT2D eigenvalue weighted by Crippen LogP contribution is 2.36. The van der Waals surface area contributed by atoms with Crippen molar-refractivity contribution in [1.29, 1.82) is 0 Å². The summed E-state index contributed by atoms with van der Waals surface area (Å²) in [4.78, 5) is 4.30. The number of nitrogens with zero attached hydrogens (tertiary/aromatic N) is 1. The van der Waals surface area contributed by atoms with Crippen molar-refractivity contribution in [3.05, 3.63) is 54.2 Å². The summed E-state index contributed by atoms with van der Waals surface area (Å²) in [6.45, 7) is 2.01. The van der Waals surface area contributed by atoms with Crippen LogP contribution in [0.4, 0.5) is 5.69 Å². The molecule has 2 N–H and O–H groups in total. The van der Waals surface area contributed by atoms with Crippen LogP contribution in [0, 0.1) is 6.92 Å². The molecule has 0 aliphatic heterocycles. The van der Waals surface area contributed by atoms with E-state index >= 15 is 0 Å². The summed E-state index contributed by atoms with van der Waals surface area (Å²) >= 11 is 0. The summed E-state index contributed by atoms with van der Waals surface area (Å²) in [6.07, 6.45) is 1.72. The molecule has 0 unspecified atom stereocenters. The zero-order valence-electron chi connectivity index (χ0n) is 12.0. The quantitative estimate of drug-likeness (QED) is 0.739. The van der Waals surface area contributed by atoms with Gasteiger partial charge in [0.15, 0.2) is 11.5 Å². The van der Waals surface area contributed by atoms with Crippen LogP contribution in [0.3, 0.4) is 0 Å². The van der Waals surface area contributed by atoms with Crippen LogP contribution >= 0.6 is 0 Å². The second kappa shape index (κ2) is 5.32. The molecule has 0 aliphatic rings. The normalized spacial score (nSPS) is 10.6. The molecule has 0 aliphatic carbocycles. The van der Waals surface area contributed by atoms with E-state index in [1.54, 1.807) is 19.4 Å². The van der Waals surface area contributed by atoms with E-state index in [4.69, 9.17) is 15.2 Å². The number of methoxy groups -OCH3 is 1. The van der Waals surface area contributed by atoms with Crippen molar-refractivity contribution in [1.82, 2.24) is 4.98 Å². The largest absolute Gasteiger partial charge is 0.493 e. The number of hydrogen-bond acceptors (Lipinski definition) is 4. The molecule has 106 valence electrons. The van der Waals surface area contributed by atoms with Gasteiger partial charge in [-0.3, -0.25) is 4.98 Å². The SMILES string of the molecule is COc1cc(C)ccc1Oc1ccc(N)c2ncccc12. The van der Waals surface area contributed by atoms with Gasteiger partial charge < -0.3 is 15.2 Å². The average Bonchev–Trinajstić information content (AvgIpc) is 2.52. The molecule has 3 aromatic rings. The van der Waals surface area contributed by atoms with Crippen LogP contribution < -0.4 is 15.2 Å². The lowest BCUT2D eigenvalue weighted by atomic mass is 10.1. The maximum absolute atomic E-state index is 6.00. The zero-order valence-corrected chi connectivity index (χ0v) is 12.0. The van der Waals surface area contributed by atoms with Crippen molar-refractivity contribution < 1.29 is 9.47 Å². The van der Waals surface area contributed by atoms with Gasteiger partial charge in [0.2, 0.25) is 0 Å². The molecule has 0 radical (unpaired) electrons. The van der Waals surface area contributed by atoms with Gasteiger partial charge >= 0.3 is 0 Å². The molecule has 3 rings (SSSR count). The van der Waals surface area contributed by atoms with Crippen LogP contribution in [0.2, 0.25) is 0 Å².